The Morgan fingerprint density at radius 2 is 2.34 bits per heavy atom. The van der Waals surface area contributed by atoms with Crippen LogP contribution in [0.2, 0.25) is 0 Å². The van der Waals surface area contributed by atoms with Gasteiger partial charge in [0.2, 0.25) is 0 Å². The molecule has 6 nitrogen and oxygen atoms in total. The number of rotatable bonds is 5. The fourth-order valence-electron chi connectivity index (χ4n) is 4.32. The number of piperidine rings is 1. The Bertz CT molecular complexity index is 984. The number of hydrogen-bond donors (Lipinski definition) is 1. The molecule has 0 spiro atoms. The number of hydrogen-bond acceptors (Lipinski definition) is 5. The first kappa shape index (κ1) is 19.8. The summed E-state index contributed by atoms with van der Waals surface area (Å²) in [6.45, 7) is 4.86. The smallest absolute Gasteiger partial charge is 0.254 e. The number of H-pyrrole nitrogens is 1. The van der Waals surface area contributed by atoms with Crippen LogP contribution in [-0.4, -0.2) is 45.7 Å². The molecule has 152 valence electrons. The van der Waals surface area contributed by atoms with E-state index in [1.807, 2.05) is 34.8 Å². The lowest BCUT2D eigenvalue weighted by Crippen LogP contribution is -2.52. The summed E-state index contributed by atoms with van der Waals surface area (Å²) < 4.78 is 6.06. The Balaban J connectivity index is 1.57. The van der Waals surface area contributed by atoms with Crippen LogP contribution in [0.4, 0.5) is 0 Å². The van der Waals surface area contributed by atoms with Crippen LogP contribution >= 0.6 is 11.3 Å². The minimum atomic E-state index is -0.445. The molecule has 0 saturated carbocycles. The number of thiophene rings is 1. The molecular weight excluding hydrogens is 384 g/mol. The van der Waals surface area contributed by atoms with Crippen LogP contribution in [0.25, 0.3) is 10.4 Å². The van der Waals surface area contributed by atoms with Gasteiger partial charge in [-0.2, -0.15) is 5.10 Å². The van der Waals surface area contributed by atoms with Gasteiger partial charge in [0.05, 0.1) is 17.5 Å². The number of pyridine rings is 1. The van der Waals surface area contributed by atoms with Crippen LogP contribution in [0.3, 0.4) is 0 Å². The van der Waals surface area contributed by atoms with Crippen molar-refractivity contribution in [3.05, 3.63) is 59.0 Å². The van der Waals surface area contributed by atoms with Crippen LogP contribution in [-0.2, 0) is 10.3 Å². The van der Waals surface area contributed by atoms with E-state index in [2.05, 4.69) is 35.1 Å². The maximum atomic E-state index is 13.3. The Labute approximate surface area is 174 Å². The van der Waals surface area contributed by atoms with Gasteiger partial charge in [-0.1, -0.05) is 13.0 Å². The third-order valence-electron chi connectivity index (χ3n) is 5.96. The van der Waals surface area contributed by atoms with Crippen LogP contribution in [0.1, 0.15) is 47.8 Å². The molecule has 7 heteroatoms. The van der Waals surface area contributed by atoms with E-state index >= 15 is 0 Å². The standard InChI is InChI=1S/C22H26N4O2S/c1-4-18-11-22(28-3,20-15(2)6-5-8-23-20)7-9-26(18)21(27)16-10-19(29-14-16)17-12-24-25-13-17/h5-6,8,10,12-14,18H,4,7,9,11H2,1-3H3,(H,24,25). The summed E-state index contributed by atoms with van der Waals surface area (Å²) in [5.74, 6) is 0.0882. The molecule has 2 unspecified atom stereocenters. The third-order valence-corrected chi connectivity index (χ3v) is 6.93. The van der Waals surface area contributed by atoms with Crippen molar-refractivity contribution < 1.29 is 9.53 Å². The molecule has 1 saturated heterocycles. The number of nitrogens with one attached hydrogen (secondary N) is 1. The predicted molar refractivity (Wildman–Crippen MR) is 114 cm³/mol. The third kappa shape index (κ3) is 3.60. The van der Waals surface area contributed by atoms with Gasteiger partial charge < -0.3 is 9.64 Å². The van der Waals surface area contributed by atoms with Gasteiger partial charge in [-0.3, -0.25) is 14.9 Å². The molecule has 3 aromatic heterocycles. The lowest BCUT2D eigenvalue weighted by Gasteiger charge is -2.45. The normalized spacial score (nSPS) is 22.0. The number of methoxy groups -OCH3 is 1. The zero-order valence-electron chi connectivity index (χ0n) is 17.0. The van der Waals surface area contributed by atoms with E-state index < -0.39 is 5.60 Å². The fourth-order valence-corrected chi connectivity index (χ4v) is 5.19. The Morgan fingerprint density at radius 1 is 1.48 bits per heavy atom. The summed E-state index contributed by atoms with van der Waals surface area (Å²) in [6.07, 6.45) is 7.81. The van der Waals surface area contributed by atoms with Crippen LogP contribution in [0.15, 0.2) is 42.2 Å². The summed E-state index contributed by atoms with van der Waals surface area (Å²) >= 11 is 1.57. The van der Waals surface area contributed by atoms with Crippen LogP contribution in [0.5, 0.6) is 0 Å². The van der Waals surface area contributed by atoms with Gasteiger partial charge in [-0.05, 0) is 37.5 Å². The molecule has 1 aliphatic rings. The molecule has 0 aromatic carbocycles. The molecule has 29 heavy (non-hydrogen) atoms. The quantitative estimate of drug-likeness (QED) is 0.677. The largest absolute Gasteiger partial charge is 0.372 e. The number of likely N-dealkylation sites (tertiary alicyclic amines) is 1. The lowest BCUT2D eigenvalue weighted by molar-refractivity contribution is -0.0788. The minimum absolute atomic E-state index is 0.0882. The summed E-state index contributed by atoms with van der Waals surface area (Å²) in [7, 11) is 1.76. The molecule has 1 amide bonds. The van der Waals surface area contributed by atoms with Gasteiger partial charge in [0, 0.05) is 54.3 Å². The molecule has 1 N–H and O–H groups in total. The van der Waals surface area contributed by atoms with E-state index in [0.29, 0.717) is 6.54 Å². The van der Waals surface area contributed by atoms with E-state index in [1.54, 1.807) is 24.6 Å². The average molecular weight is 411 g/mol. The second-order valence-electron chi connectivity index (χ2n) is 7.57. The van der Waals surface area contributed by atoms with Gasteiger partial charge in [-0.15, -0.1) is 11.3 Å². The highest BCUT2D eigenvalue weighted by Gasteiger charge is 2.44. The number of amides is 1. The number of carbonyl (C=O) groups excluding carboxylic acids is 1. The first-order valence-corrected chi connectivity index (χ1v) is 10.8. The molecule has 0 bridgehead atoms. The van der Waals surface area contributed by atoms with Crippen molar-refractivity contribution in [3.63, 3.8) is 0 Å². The number of aromatic amines is 1. The average Bonchev–Trinajstić information content (AvgIpc) is 3.45. The summed E-state index contributed by atoms with van der Waals surface area (Å²) in [4.78, 5) is 21.0. The van der Waals surface area contributed by atoms with E-state index in [0.717, 1.165) is 46.5 Å². The second-order valence-corrected chi connectivity index (χ2v) is 8.48. The van der Waals surface area contributed by atoms with Gasteiger partial charge in [0.15, 0.2) is 0 Å². The van der Waals surface area contributed by atoms with Gasteiger partial charge in [-0.25, -0.2) is 0 Å². The van der Waals surface area contributed by atoms with E-state index in [9.17, 15) is 4.79 Å². The van der Waals surface area contributed by atoms with Crippen molar-refractivity contribution >= 4 is 17.2 Å². The number of ether oxygens (including phenoxy) is 1. The maximum Gasteiger partial charge on any atom is 0.254 e. The van der Waals surface area contributed by atoms with E-state index in [4.69, 9.17) is 4.74 Å². The second kappa shape index (κ2) is 8.08. The molecule has 4 rings (SSSR count). The van der Waals surface area contributed by atoms with Crippen LogP contribution in [0, 0.1) is 6.92 Å². The predicted octanol–water partition coefficient (Wildman–Crippen LogP) is 4.40. The fraction of sp³-hybridized carbons (Fsp3) is 0.409. The molecule has 2 atom stereocenters. The summed E-state index contributed by atoms with van der Waals surface area (Å²) in [5, 5.41) is 8.76. The zero-order valence-corrected chi connectivity index (χ0v) is 17.8. The Hall–Kier alpha value is -2.51. The van der Waals surface area contributed by atoms with Crippen molar-refractivity contribution in [2.24, 2.45) is 0 Å². The number of aromatic nitrogens is 3. The van der Waals surface area contributed by atoms with Crippen LogP contribution < -0.4 is 0 Å². The van der Waals surface area contributed by atoms with Crippen molar-refractivity contribution in [2.75, 3.05) is 13.7 Å². The van der Waals surface area contributed by atoms with Crippen molar-refractivity contribution in [3.8, 4) is 10.4 Å². The molecular formula is C22H26N4O2S. The van der Waals surface area contributed by atoms with Crippen molar-refractivity contribution in [2.45, 2.75) is 44.8 Å². The highest BCUT2D eigenvalue weighted by molar-refractivity contribution is 7.13. The highest BCUT2D eigenvalue weighted by Crippen LogP contribution is 2.41. The summed E-state index contributed by atoms with van der Waals surface area (Å²) in [6, 6.07) is 6.09. The molecule has 1 aliphatic heterocycles. The molecule has 0 aliphatic carbocycles. The molecule has 4 heterocycles. The maximum absolute atomic E-state index is 13.3. The van der Waals surface area contributed by atoms with Gasteiger partial charge in [0.1, 0.15) is 5.60 Å². The van der Waals surface area contributed by atoms with Crippen molar-refractivity contribution in [1.82, 2.24) is 20.1 Å². The topological polar surface area (TPSA) is 71.1 Å². The minimum Gasteiger partial charge on any atom is -0.372 e. The first-order valence-electron chi connectivity index (χ1n) is 9.94. The molecule has 1 fully saturated rings. The summed E-state index contributed by atoms with van der Waals surface area (Å²) in [5.41, 5.74) is 3.42. The molecule has 3 aromatic rings. The number of nitrogens with zero attached hydrogens (tertiary/aromatic N) is 3. The van der Waals surface area contributed by atoms with Gasteiger partial charge >= 0.3 is 0 Å². The number of aryl methyl sites for hydroxylation is 1. The lowest BCUT2D eigenvalue weighted by atomic mass is 9.80. The Kier molecular flexibility index (Phi) is 5.52. The SMILES string of the molecule is CCC1CC(OC)(c2ncccc2C)CCN1C(=O)c1csc(-c2cn[nH]c2)c1. The zero-order chi connectivity index (χ0) is 20.4. The first-order chi connectivity index (χ1) is 14.1. The highest BCUT2D eigenvalue weighted by atomic mass is 32.1. The van der Waals surface area contributed by atoms with Crippen molar-refractivity contribution in [1.29, 1.82) is 0 Å². The number of carbonyl (C=O) groups is 1. The van der Waals surface area contributed by atoms with E-state index in [-0.39, 0.29) is 11.9 Å². The molecule has 0 radical (unpaired) electrons. The monoisotopic (exact) mass is 410 g/mol. The van der Waals surface area contributed by atoms with E-state index in [1.165, 1.54) is 0 Å². The van der Waals surface area contributed by atoms with Gasteiger partial charge in [0.25, 0.3) is 5.91 Å². The Morgan fingerprint density at radius 3 is 3.03 bits per heavy atom.